The zero-order valence-electron chi connectivity index (χ0n) is 16.5. The lowest BCUT2D eigenvalue weighted by atomic mass is 10.2. The highest BCUT2D eigenvalue weighted by atomic mass is 16.5. The molecule has 3 amide bonds. The number of hydrogen-bond donors (Lipinski definition) is 3. The molecule has 0 saturated carbocycles. The molecule has 0 aliphatic rings. The van der Waals surface area contributed by atoms with Crippen molar-refractivity contribution >= 4 is 23.4 Å². The van der Waals surface area contributed by atoms with Gasteiger partial charge in [-0.2, -0.15) is 0 Å². The van der Waals surface area contributed by atoms with Crippen molar-refractivity contribution in [3.05, 3.63) is 59.7 Å². The molecule has 3 N–H and O–H groups in total. The van der Waals surface area contributed by atoms with Crippen LogP contribution in [0.1, 0.15) is 40.5 Å². The van der Waals surface area contributed by atoms with E-state index in [1.54, 1.807) is 55.6 Å². The summed E-state index contributed by atoms with van der Waals surface area (Å²) in [6.07, 6.45) is 1.19. The van der Waals surface area contributed by atoms with Gasteiger partial charge in [0.2, 0.25) is 5.91 Å². The minimum atomic E-state index is -0.505. The van der Waals surface area contributed by atoms with Crippen LogP contribution < -0.4 is 20.9 Å². The van der Waals surface area contributed by atoms with E-state index in [1.807, 2.05) is 6.92 Å². The lowest BCUT2D eigenvalue weighted by molar-refractivity contribution is -0.116. The van der Waals surface area contributed by atoms with E-state index in [2.05, 4.69) is 16.2 Å². The van der Waals surface area contributed by atoms with E-state index in [4.69, 9.17) is 9.47 Å². The van der Waals surface area contributed by atoms with Crippen molar-refractivity contribution < 1.29 is 23.9 Å². The van der Waals surface area contributed by atoms with Crippen molar-refractivity contribution in [3.8, 4) is 5.75 Å². The summed E-state index contributed by atoms with van der Waals surface area (Å²) in [4.78, 5) is 36.2. The maximum atomic E-state index is 12.4. The van der Waals surface area contributed by atoms with Crippen molar-refractivity contribution in [3.63, 3.8) is 0 Å². The first-order valence-electron chi connectivity index (χ1n) is 9.26. The standard InChI is InChI=1S/C21H25N3O5/c1-3-6-19(25)22-16-11-9-15(10-12-16)20(26)23-24-21(27)17-7-4-5-8-18(17)29-14-13-28-2/h4-5,7-12H,3,6,13-14H2,1-2H3,(H,22,25)(H,23,26)(H,24,27). The number of rotatable bonds is 9. The first-order valence-corrected chi connectivity index (χ1v) is 9.26. The van der Waals surface area contributed by atoms with Crippen LogP contribution in [0.4, 0.5) is 5.69 Å². The average Bonchev–Trinajstić information content (AvgIpc) is 2.73. The van der Waals surface area contributed by atoms with Crippen LogP contribution in [0.25, 0.3) is 0 Å². The Bertz CT molecular complexity index is 836. The fourth-order valence-corrected chi connectivity index (χ4v) is 2.42. The summed E-state index contributed by atoms with van der Waals surface area (Å²) >= 11 is 0. The Morgan fingerprint density at radius 2 is 1.59 bits per heavy atom. The zero-order chi connectivity index (χ0) is 21.1. The van der Waals surface area contributed by atoms with Crippen LogP contribution in [-0.4, -0.2) is 38.0 Å². The quantitative estimate of drug-likeness (QED) is 0.444. The third-order valence-corrected chi connectivity index (χ3v) is 3.87. The van der Waals surface area contributed by atoms with Gasteiger partial charge in [0.15, 0.2) is 0 Å². The van der Waals surface area contributed by atoms with E-state index in [1.165, 1.54) is 0 Å². The smallest absolute Gasteiger partial charge is 0.273 e. The molecule has 2 aromatic rings. The van der Waals surface area contributed by atoms with Crippen molar-refractivity contribution in [2.24, 2.45) is 0 Å². The first-order chi connectivity index (χ1) is 14.0. The summed E-state index contributed by atoms with van der Waals surface area (Å²) < 4.78 is 10.4. The van der Waals surface area contributed by atoms with Crippen LogP contribution in [0.15, 0.2) is 48.5 Å². The fraction of sp³-hybridized carbons (Fsp3) is 0.286. The summed E-state index contributed by atoms with van der Waals surface area (Å²) in [6.45, 7) is 2.61. The van der Waals surface area contributed by atoms with E-state index in [9.17, 15) is 14.4 Å². The molecule has 2 aromatic carbocycles. The maximum Gasteiger partial charge on any atom is 0.273 e. The van der Waals surface area contributed by atoms with Gasteiger partial charge < -0.3 is 14.8 Å². The predicted octanol–water partition coefficient (Wildman–Crippen LogP) is 2.53. The van der Waals surface area contributed by atoms with Crippen LogP contribution in [0.3, 0.4) is 0 Å². The van der Waals surface area contributed by atoms with Gasteiger partial charge in [0, 0.05) is 24.8 Å². The Balaban J connectivity index is 1.92. The number of anilines is 1. The summed E-state index contributed by atoms with van der Waals surface area (Å²) in [5.74, 6) is -0.677. The minimum absolute atomic E-state index is 0.0802. The Kier molecular flexibility index (Phi) is 8.65. The summed E-state index contributed by atoms with van der Waals surface area (Å²) in [6, 6.07) is 13.1. The molecular weight excluding hydrogens is 374 g/mol. The zero-order valence-corrected chi connectivity index (χ0v) is 16.5. The van der Waals surface area contributed by atoms with Gasteiger partial charge in [-0.25, -0.2) is 0 Å². The van der Waals surface area contributed by atoms with Crippen LogP contribution in [0, 0.1) is 0 Å². The summed E-state index contributed by atoms with van der Waals surface area (Å²) in [5.41, 5.74) is 5.97. The van der Waals surface area contributed by atoms with Crippen molar-refractivity contribution in [2.45, 2.75) is 19.8 Å². The van der Waals surface area contributed by atoms with Gasteiger partial charge >= 0.3 is 0 Å². The number of nitrogens with one attached hydrogen (secondary N) is 3. The molecule has 8 heteroatoms. The van der Waals surface area contributed by atoms with E-state index in [0.717, 1.165) is 6.42 Å². The molecule has 0 saturated heterocycles. The maximum absolute atomic E-state index is 12.4. The Labute approximate surface area is 169 Å². The highest BCUT2D eigenvalue weighted by molar-refractivity contribution is 6.00. The van der Waals surface area contributed by atoms with Gasteiger partial charge in [-0.1, -0.05) is 19.1 Å². The third-order valence-electron chi connectivity index (χ3n) is 3.87. The SMILES string of the molecule is CCCC(=O)Nc1ccc(C(=O)NNC(=O)c2ccccc2OCCOC)cc1. The van der Waals surface area contributed by atoms with E-state index >= 15 is 0 Å². The lowest BCUT2D eigenvalue weighted by Gasteiger charge is -2.12. The Morgan fingerprint density at radius 1 is 0.897 bits per heavy atom. The molecule has 0 spiro atoms. The Hall–Kier alpha value is -3.39. The van der Waals surface area contributed by atoms with Crippen LogP contribution in [-0.2, 0) is 9.53 Å². The summed E-state index contributed by atoms with van der Waals surface area (Å²) in [5, 5.41) is 2.74. The number of hydrazine groups is 1. The van der Waals surface area contributed by atoms with Crippen LogP contribution in [0.5, 0.6) is 5.75 Å². The van der Waals surface area contributed by atoms with Crippen molar-refractivity contribution in [1.82, 2.24) is 10.9 Å². The molecule has 2 rings (SSSR count). The molecule has 0 aromatic heterocycles. The van der Waals surface area contributed by atoms with Gasteiger partial charge in [-0.15, -0.1) is 0 Å². The van der Waals surface area contributed by atoms with Gasteiger partial charge in [-0.3, -0.25) is 25.2 Å². The second kappa shape index (κ2) is 11.5. The molecule has 29 heavy (non-hydrogen) atoms. The van der Waals surface area contributed by atoms with Gasteiger partial charge in [0.25, 0.3) is 11.8 Å². The number of carbonyl (C=O) groups excluding carboxylic acids is 3. The number of hydrogen-bond acceptors (Lipinski definition) is 5. The highest BCUT2D eigenvalue weighted by Gasteiger charge is 2.14. The largest absolute Gasteiger partial charge is 0.490 e. The van der Waals surface area contributed by atoms with Crippen molar-refractivity contribution in [1.29, 1.82) is 0 Å². The number of methoxy groups -OCH3 is 1. The highest BCUT2D eigenvalue weighted by Crippen LogP contribution is 2.17. The number of benzene rings is 2. The molecule has 0 fully saturated rings. The van der Waals surface area contributed by atoms with Gasteiger partial charge in [-0.05, 0) is 42.8 Å². The normalized spacial score (nSPS) is 10.1. The molecule has 0 heterocycles. The molecule has 0 unspecified atom stereocenters. The fourth-order valence-electron chi connectivity index (χ4n) is 2.42. The molecule has 0 aliphatic carbocycles. The predicted molar refractivity (Wildman–Crippen MR) is 109 cm³/mol. The molecular formula is C21H25N3O5. The number of ether oxygens (including phenoxy) is 2. The summed E-state index contributed by atoms with van der Waals surface area (Å²) in [7, 11) is 1.56. The van der Waals surface area contributed by atoms with Gasteiger partial charge in [0.05, 0.1) is 12.2 Å². The lowest BCUT2D eigenvalue weighted by Crippen LogP contribution is -2.41. The second-order valence-corrected chi connectivity index (χ2v) is 6.12. The molecule has 0 radical (unpaired) electrons. The number of para-hydroxylation sites is 1. The van der Waals surface area contributed by atoms with Crippen molar-refractivity contribution in [2.75, 3.05) is 25.6 Å². The monoisotopic (exact) mass is 399 g/mol. The van der Waals surface area contributed by atoms with E-state index in [-0.39, 0.29) is 11.5 Å². The Morgan fingerprint density at radius 3 is 2.28 bits per heavy atom. The van der Waals surface area contributed by atoms with Crippen LogP contribution in [0.2, 0.25) is 0 Å². The molecule has 154 valence electrons. The van der Waals surface area contributed by atoms with Crippen LogP contribution >= 0.6 is 0 Å². The number of amides is 3. The molecule has 0 aliphatic heterocycles. The topological polar surface area (TPSA) is 106 Å². The molecule has 0 bridgehead atoms. The average molecular weight is 399 g/mol. The third kappa shape index (κ3) is 6.93. The number of carbonyl (C=O) groups is 3. The molecule has 8 nitrogen and oxygen atoms in total. The minimum Gasteiger partial charge on any atom is -0.490 e. The van der Waals surface area contributed by atoms with E-state index < -0.39 is 11.8 Å². The molecule has 0 atom stereocenters. The van der Waals surface area contributed by atoms with Gasteiger partial charge in [0.1, 0.15) is 12.4 Å². The second-order valence-electron chi connectivity index (χ2n) is 6.12. The van der Waals surface area contributed by atoms with E-state index in [0.29, 0.717) is 36.6 Å². The first kappa shape index (κ1) is 21.9.